The van der Waals surface area contributed by atoms with Crippen molar-refractivity contribution in [2.75, 3.05) is 26.8 Å². The highest BCUT2D eigenvalue weighted by molar-refractivity contribution is 5.87. The van der Waals surface area contributed by atoms with Crippen LogP contribution in [0.25, 0.3) is 22.0 Å². The van der Waals surface area contributed by atoms with Gasteiger partial charge in [0.05, 0.1) is 5.52 Å². The maximum absolute atomic E-state index is 15.0. The number of fused-ring (bicyclic) bond motifs is 1. The minimum Gasteiger partial charge on any atom is -0.385 e. The summed E-state index contributed by atoms with van der Waals surface area (Å²) in [5.41, 5.74) is 10.7. The number of H-pyrrole nitrogens is 1. The summed E-state index contributed by atoms with van der Waals surface area (Å²) in [6, 6.07) is 9.81. The molecule has 1 amide bonds. The first-order chi connectivity index (χ1) is 20.3. The molecule has 2 atom stereocenters. The van der Waals surface area contributed by atoms with Gasteiger partial charge in [-0.25, -0.2) is 18.6 Å². The second kappa shape index (κ2) is 13.0. The number of carbonyl (C=O) groups is 1. The minimum atomic E-state index is -0.448. The average Bonchev–Trinajstić information content (AvgIpc) is 3.29. The Labute approximate surface area is 243 Å². The van der Waals surface area contributed by atoms with Crippen LogP contribution in [-0.4, -0.2) is 58.2 Å². The summed E-state index contributed by atoms with van der Waals surface area (Å²) in [7, 11) is 1.62. The lowest BCUT2D eigenvalue weighted by molar-refractivity contribution is -0.132. The van der Waals surface area contributed by atoms with Crippen molar-refractivity contribution >= 4 is 16.8 Å². The molecule has 3 N–H and O–H groups in total. The second-order valence-electron chi connectivity index (χ2n) is 11.1. The molecule has 222 valence electrons. The van der Waals surface area contributed by atoms with E-state index in [1.807, 2.05) is 40.7 Å². The summed E-state index contributed by atoms with van der Waals surface area (Å²) in [6.45, 7) is 3.98. The number of nitrogens with one attached hydrogen (secondary N) is 1. The molecule has 0 aliphatic carbocycles. The smallest absolute Gasteiger partial charge is 0.344 e. The third kappa shape index (κ3) is 6.29. The fourth-order valence-corrected chi connectivity index (χ4v) is 6.23. The molecule has 1 fully saturated rings. The molecule has 2 unspecified atom stereocenters. The Kier molecular flexibility index (Phi) is 9.13. The molecule has 8 nitrogen and oxygen atoms in total. The Bertz CT molecular complexity index is 1590. The van der Waals surface area contributed by atoms with E-state index >= 15 is 4.39 Å². The zero-order valence-corrected chi connectivity index (χ0v) is 24.0. The lowest BCUT2D eigenvalue weighted by Gasteiger charge is -2.34. The summed E-state index contributed by atoms with van der Waals surface area (Å²) < 4.78 is 37.1. The number of halogens is 2. The van der Waals surface area contributed by atoms with Gasteiger partial charge >= 0.3 is 5.69 Å². The van der Waals surface area contributed by atoms with E-state index in [-0.39, 0.29) is 29.8 Å². The van der Waals surface area contributed by atoms with Gasteiger partial charge in [0.2, 0.25) is 5.91 Å². The third-order valence-corrected chi connectivity index (χ3v) is 8.18. The van der Waals surface area contributed by atoms with Crippen molar-refractivity contribution in [3.8, 4) is 11.1 Å². The van der Waals surface area contributed by atoms with Crippen LogP contribution in [0, 0.1) is 18.6 Å². The molecule has 42 heavy (non-hydrogen) atoms. The number of nitrogens with zero attached hydrogens (tertiary/aromatic N) is 3. The Hall–Kier alpha value is -3.89. The number of aromatic nitrogens is 3. The average molecular weight is 578 g/mol. The molecule has 4 aromatic rings. The Balaban J connectivity index is 1.28. The molecule has 2 aromatic heterocycles. The van der Waals surface area contributed by atoms with Crippen molar-refractivity contribution in [1.82, 2.24) is 19.4 Å². The van der Waals surface area contributed by atoms with Crippen molar-refractivity contribution in [1.29, 1.82) is 0 Å². The van der Waals surface area contributed by atoms with Gasteiger partial charge in [-0.3, -0.25) is 4.79 Å². The van der Waals surface area contributed by atoms with Crippen LogP contribution < -0.4 is 11.4 Å². The minimum absolute atomic E-state index is 0.0137. The number of piperidine rings is 1. The van der Waals surface area contributed by atoms with E-state index in [0.717, 1.165) is 40.8 Å². The van der Waals surface area contributed by atoms with Gasteiger partial charge in [-0.05, 0) is 61.4 Å². The lowest BCUT2D eigenvalue weighted by Crippen LogP contribution is -2.42. The second-order valence-corrected chi connectivity index (χ2v) is 11.1. The molecule has 5 rings (SSSR count). The highest BCUT2D eigenvalue weighted by Gasteiger charge is 2.31. The molecule has 10 heteroatoms. The van der Waals surface area contributed by atoms with Crippen LogP contribution in [0.1, 0.15) is 48.4 Å². The largest absolute Gasteiger partial charge is 0.385 e. The number of nitrogens with two attached hydrogens (primary N) is 1. The molecular formula is C32H37F2N5O3. The fraction of sp³-hybridized carbons (Fsp3) is 0.406. The van der Waals surface area contributed by atoms with E-state index in [1.165, 1.54) is 18.3 Å². The SMILES string of the molecule is COCCCn1c(C2CCCN(C(=O)CC(N)Cc3ccc(-c4cnc(=O)[nH]c4)cc3)C2)c(C)c2c(F)ccc(F)c21. The number of methoxy groups -OCH3 is 1. The molecule has 1 aliphatic heterocycles. The van der Waals surface area contributed by atoms with Crippen LogP contribution in [-0.2, 0) is 22.5 Å². The van der Waals surface area contributed by atoms with E-state index in [2.05, 4.69) is 9.97 Å². The van der Waals surface area contributed by atoms with Crippen LogP contribution in [0.3, 0.4) is 0 Å². The van der Waals surface area contributed by atoms with Crippen LogP contribution in [0.2, 0.25) is 0 Å². The number of benzene rings is 2. The van der Waals surface area contributed by atoms with Crippen molar-refractivity contribution in [3.63, 3.8) is 0 Å². The van der Waals surface area contributed by atoms with E-state index in [9.17, 15) is 14.0 Å². The summed E-state index contributed by atoms with van der Waals surface area (Å²) in [4.78, 5) is 32.8. The number of carbonyl (C=O) groups excluding carboxylic acids is 1. The highest BCUT2D eigenvalue weighted by atomic mass is 19.1. The van der Waals surface area contributed by atoms with E-state index < -0.39 is 17.3 Å². The number of hydrogen-bond acceptors (Lipinski definition) is 5. The highest BCUT2D eigenvalue weighted by Crippen LogP contribution is 2.38. The summed E-state index contributed by atoms with van der Waals surface area (Å²) in [6.07, 6.45) is 6.19. The predicted octanol–water partition coefficient (Wildman–Crippen LogP) is 4.68. The lowest BCUT2D eigenvalue weighted by atomic mass is 9.91. The molecule has 0 bridgehead atoms. The van der Waals surface area contributed by atoms with Crippen LogP contribution in [0.5, 0.6) is 0 Å². The van der Waals surface area contributed by atoms with E-state index in [4.69, 9.17) is 10.5 Å². The zero-order valence-electron chi connectivity index (χ0n) is 24.0. The summed E-state index contributed by atoms with van der Waals surface area (Å²) in [5.74, 6) is -0.937. The number of rotatable bonds is 10. The number of ether oxygens (including phenoxy) is 1. The fourth-order valence-electron chi connectivity index (χ4n) is 6.23. The topological polar surface area (TPSA) is 106 Å². The van der Waals surface area contributed by atoms with Crippen molar-refractivity contribution < 1.29 is 18.3 Å². The van der Waals surface area contributed by atoms with Gasteiger partial charge in [-0.2, -0.15) is 0 Å². The number of hydrogen-bond donors (Lipinski definition) is 2. The van der Waals surface area contributed by atoms with Gasteiger partial charge in [0, 0.05) is 80.8 Å². The maximum atomic E-state index is 15.0. The third-order valence-electron chi connectivity index (χ3n) is 8.18. The number of amides is 1. The first kappa shape index (κ1) is 29.6. The molecule has 0 radical (unpaired) electrons. The molecule has 1 aliphatic rings. The molecular weight excluding hydrogens is 540 g/mol. The van der Waals surface area contributed by atoms with Gasteiger partial charge in [0.15, 0.2) is 0 Å². The van der Waals surface area contributed by atoms with Crippen LogP contribution in [0.15, 0.2) is 53.6 Å². The normalized spacial score (nSPS) is 16.2. The Morgan fingerprint density at radius 2 is 1.93 bits per heavy atom. The van der Waals surface area contributed by atoms with Crippen LogP contribution >= 0.6 is 0 Å². The van der Waals surface area contributed by atoms with Gasteiger partial charge < -0.3 is 24.9 Å². The summed E-state index contributed by atoms with van der Waals surface area (Å²) in [5, 5.41) is 0.315. The predicted molar refractivity (Wildman–Crippen MR) is 158 cm³/mol. The number of aryl methyl sites for hydroxylation is 2. The number of likely N-dealkylation sites (tertiary alicyclic amines) is 1. The van der Waals surface area contributed by atoms with Gasteiger partial charge in [-0.15, -0.1) is 0 Å². The quantitative estimate of drug-likeness (QED) is 0.266. The molecule has 0 saturated carbocycles. The first-order valence-electron chi connectivity index (χ1n) is 14.4. The van der Waals surface area contributed by atoms with Crippen molar-refractivity contribution in [2.24, 2.45) is 5.73 Å². The van der Waals surface area contributed by atoms with E-state index in [0.29, 0.717) is 44.5 Å². The number of aromatic amines is 1. The van der Waals surface area contributed by atoms with Gasteiger partial charge in [0.1, 0.15) is 11.6 Å². The Morgan fingerprint density at radius 3 is 2.64 bits per heavy atom. The molecule has 3 heterocycles. The molecule has 2 aromatic carbocycles. The monoisotopic (exact) mass is 577 g/mol. The van der Waals surface area contributed by atoms with Gasteiger partial charge in [-0.1, -0.05) is 24.3 Å². The molecule has 1 saturated heterocycles. The van der Waals surface area contributed by atoms with Crippen molar-refractivity contribution in [2.45, 2.75) is 57.5 Å². The first-order valence-corrected chi connectivity index (χ1v) is 14.4. The van der Waals surface area contributed by atoms with Crippen molar-refractivity contribution in [3.05, 3.63) is 87.7 Å². The van der Waals surface area contributed by atoms with E-state index in [1.54, 1.807) is 13.3 Å². The van der Waals surface area contributed by atoms with Gasteiger partial charge in [0.25, 0.3) is 0 Å². The Morgan fingerprint density at radius 1 is 1.17 bits per heavy atom. The summed E-state index contributed by atoms with van der Waals surface area (Å²) >= 11 is 0. The standard InChI is InChI=1S/C32H37F2N5O3/c1-20-29-26(33)10-11-27(34)31(29)39(13-4-14-42-2)30(20)23-5-3-12-38(19-23)28(40)16-25(35)15-21-6-8-22(9-7-21)24-17-36-32(41)37-18-24/h6-11,17-18,23,25H,3-5,12-16,19,35H2,1-2H3,(H,36,37,41). The van der Waals surface area contributed by atoms with Crippen LogP contribution in [0.4, 0.5) is 8.78 Å². The molecule has 0 spiro atoms. The zero-order chi connectivity index (χ0) is 29.8. The maximum Gasteiger partial charge on any atom is 0.344 e.